The monoisotopic (exact) mass is 462 g/mol. The molecule has 0 unspecified atom stereocenters. The fourth-order valence-electron chi connectivity index (χ4n) is 3.24. The Morgan fingerprint density at radius 2 is 1.87 bits per heavy atom. The number of hydrogen-bond acceptors (Lipinski definition) is 4. The molecule has 3 aromatic rings. The minimum absolute atomic E-state index is 0.227. The molecule has 0 radical (unpaired) electrons. The van der Waals surface area contributed by atoms with E-state index in [2.05, 4.69) is 24.6 Å². The molecule has 5 nitrogen and oxygen atoms in total. The van der Waals surface area contributed by atoms with Crippen molar-refractivity contribution in [2.24, 2.45) is 0 Å². The van der Waals surface area contributed by atoms with Crippen LogP contribution in [0.1, 0.15) is 0 Å². The maximum Gasteiger partial charge on any atom is 0.231 e. The van der Waals surface area contributed by atoms with Crippen molar-refractivity contribution < 1.29 is 14.2 Å². The van der Waals surface area contributed by atoms with E-state index in [0.717, 1.165) is 40.9 Å². The van der Waals surface area contributed by atoms with Gasteiger partial charge in [-0.3, -0.25) is 0 Å². The molecule has 0 saturated carbocycles. The largest absolute Gasteiger partial charge is 0.454 e. The summed E-state index contributed by atoms with van der Waals surface area (Å²) >= 11 is 12.7. The minimum atomic E-state index is -1.16. The number of benzene rings is 2. The highest BCUT2D eigenvalue weighted by atomic mass is 35.5. The van der Waals surface area contributed by atoms with Crippen molar-refractivity contribution in [2.75, 3.05) is 13.4 Å². The molecular formula is C22H24Cl2N2O3Si. The summed E-state index contributed by atoms with van der Waals surface area (Å²) in [7, 11) is -1.16. The van der Waals surface area contributed by atoms with Crippen molar-refractivity contribution in [3.05, 3.63) is 52.8 Å². The fourth-order valence-corrected chi connectivity index (χ4v) is 4.38. The van der Waals surface area contributed by atoms with E-state index in [9.17, 15) is 0 Å². The quantitative estimate of drug-likeness (QED) is 0.294. The number of hydrogen-bond donors (Lipinski definition) is 0. The fraction of sp³-hybridized carbons (Fsp3) is 0.318. The lowest BCUT2D eigenvalue weighted by molar-refractivity contribution is 0.0882. The van der Waals surface area contributed by atoms with Crippen LogP contribution in [0.25, 0.3) is 22.5 Å². The molecule has 1 aliphatic heterocycles. The summed E-state index contributed by atoms with van der Waals surface area (Å²) in [6, 6.07) is 12.3. The molecule has 0 N–H and O–H groups in total. The molecular weight excluding hydrogens is 439 g/mol. The summed E-state index contributed by atoms with van der Waals surface area (Å²) in [5.74, 6) is 1.45. The second-order valence-corrected chi connectivity index (χ2v) is 14.9. The van der Waals surface area contributed by atoms with Crippen molar-refractivity contribution >= 4 is 31.3 Å². The van der Waals surface area contributed by atoms with Gasteiger partial charge in [-0.05, 0) is 42.4 Å². The Morgan fingerprint density at radius 1 is 1.07 bits per heavy atom. The summed E-state index contributed by atoms with van der Waals surface area (Å²) in [6.45, 7) is 8.37. The Kier molecular flexibility index (Phi) is 6.11. The summed E-state index contributed by atoms with van der Waals surface area (Å²) in [4.78, 5) is 4.66. The molecule has 4 rings (SSSR count). The van der Waals surface area contributed by atoms with E-state index in [1.54, 1.807) is 18.5 Å². The highest BCUT2D eigenvalue weighted by molar-refractivity contribution is 6.76. The molecule has 0 saturated heterocycles. The van der Waals surface area contributed by atoms with Crippen LogP contribution in [0, 0.1) is 0 Å². The third-order valence-corrected chi connectivity index (χ3v) is 7.16. The number of imidazole rings is 1. The average Bonchev–Trinajstić information content (AvgIpc) is 3.32. The van der Waals surface area contributed by atoms with Gasteiger partial charge < -0.3 is 18.8 Å². The lowest BCUT2D eigenvalue weighted by Gasteiger charge is -2.16. The van der Waals surface area contributed by atoms with Crippen LogP contribution >= 0.6 is 23.2 Å². The lowest BCUT2D eigenvalue weighted by atomic mass is 10.0. The number of fused-ring (bicyclic) bond motifs is 1. The van der Waals surface area contributed by atoms with Crippen LogP contribution in [0.5, 0.6) is 11.5 Å². The molecule has 0 atom stereocenters. The van der Waals surface area contributed by atoms with Gasteiger partial charge in [0.1, 0.15) is 6.73 Å². The van der Waals surface area contributed by atoms with Crippen LogP contribution in [-0.4, -0.2) is 31.0 Å². The zero-order chi connectivity index (χ0) is 21.3. The van der Waals surface area contributed by atoms with Crippen LogP contribution in [0.2, 0.25) is 35.7 Å². The Hall–Kier alpha value is -1.99. The van der Waals surface area contributed by atoms with Gasteiger partial charge in [-0.25, -0.2) is 4.98 Å². The Labute approximate surface area is 187 Å². The van der Waals surface area contributed by atoms with E-state index in [1.807, 2.05) is 28.8 Å². The van der Waals surface area contributed by atoms with Gasteiger partial charge in [-0.2, -0.15) is 0 Å². The van der Waals surface area contributed by atoms with E-state index in [1.165, 1.54) is 0 Å². The number of rotatable bonds is 7. The van der Waals surface area contributed by atoms with E-state index in [0.29, 0.717) is 22.5 Å². The zero-order valence-electron chi connectivity index (χ0n) is 17.2. The first-order chi connectivity index (χ1) is 14.3. The molecule has 0 aliphatic carbocycles. The van der Waals surface area contributed by atoms with E-state index < -0.39 is 8.07 Å². The average molecular weight is 463 g/mol. The predicted molar refractivity (Wildman–Crippen MR) is 123 cm³/mol. The Morgan fingerprint density at radius 3 is 2.67 bits per heavy atom. The van der Waals surface area contributed by atoms with E-state index in [-0.39, 0.29) is 6.79 Å². The van der Waals surface area contributed by atoms with Gasteiger partial charge in [-0.15, -0.1) is 0 Å². The molecule has 30 heavy (non-hydrogen) atoms. The molecule has 1 aromatic heterocycles. The molecule has 8 heteroatoms. The zero-order valence-corrected chi connectivity index (χ0v) is 19.8. The molecule has 1 aliphatic rings. The standard InChI is InChI=1S/C22H24Cl2N2O3Si/c1-30(2,3)9-8-27-13-26-12-25-21(17-11-16(23)5-6-18(17)24)22(26)15-4-7-19-20(10-15)29-14-28-19/h4-7,10-12H,8-9,13-14H2,1-3H3. The van der Waals surface area contributed by atoms with Crippen LogP contribution in [0.4, 0.5) is 0 Å². The molecule has 0 amide bonds. The summed E-state index contributed by atoms with van der Waals surface area (Å²) < 4.78 is 19.0. The van der Waals surface area contributed by atoms with Crippen molar-refractivity contribution in [3.8, 4) is 34.0 Å². The predicted octanol–water partition coefficient (Wildman–Crippen LogP) is 6.56. The summed E-state index contributed by atoms with van der Waals surface area (Å²) in [6.07, 6.45) is 1.78. The SMILES string of the molecule is C[Si](C)(C)CCOCn1cnc(-c2cc(Cl)ccc2Cl)c1-c1ccc2c(c1)OCO2. The summed E-state index contributed by atoms with van der Waals surface area (Å²) in [5, 5.41) is 1.19. The first-order valence-corrected chi connectivity index (χ1v) is 14.3. The Bertz CT molecular complexity index is 1060. The molecule has 0 fully saturated rings. The topological polar surface area (TPSA) is 45.5 Å². The van der Waals surface area contributed by atoms with Gasteiger partial charge in [0, 0.05) is 30.8 Å². The molecule has 2 heterocycles. The molecule has 0 bridgehead atoms. The van der Waals surface area contributed by atoms with Crippen LogP contribution in [0.3, 0.4) is 0 Å². The molecule has 0 spiro atoms. The Balaban J connectivity index is 1.72. The van der Waals surface area contributed by atoms with Gasteiger partial charge in [-0.1, -0.05) is 42.8 Å². The van der Waals surface area contributed by atoms with Crippen molar-refractivity contribution in [1.82, 2.24) is 9.55 Å². The van der Waals surface area contributed by atoms with Gasteiger partial charge in [0.05, 0.1) is 22.7 Å². The highest BCUT2D eigenvalue weighted by Crippen LogP contribution is 2.40. The van der Waals surface area contributed by atoms with Crippen molar-refractivity contribution in [3.63, 3.8) is 0 Å². The van der Waals surface area contributed by atoms with Gasteiger partial charge in [0.15, 0.2) is 11.5 Å². The third-order valence-electron chi connectivity index (χ3n) is 4.89. The van der Waals surface area contributed by atoms with Gasteiger partial charge >= 0.3 is 0 Å². The second kappa shape index (κ2) is 8.63. The minimum Gasteiger partial charge on any atom is -0.454 e. The van der Waals surface area contributed by atoms with Crippen LogP contribution < -0.4 is 9.47 Å². The first-order valence-electron chi connectivity index (χ1n) is 9.80. The van der Waals surface area contributed by atoms with Gasteiger partial charge in [0.2, 0.25) is 6.79 Å². The number of aromatic nitrogens is 2. The normalized spacial score (nSPS) is 13.1. The van der Waals surface area contributed by atoms with E-state index in [4.69, 9.17) is 37.4 Å². The number of nitrogens with zero attached hydrogens (tertiary/aromatic N) is 2. The van der Waals surface area contributed by atoms with Crippen molar-refractivity contribution in [2.45, 2.75) is 32.4 Å². The summed E-state index contributed by atoms with van der Waals surface area (Å²) in [5.41, 5.74) is 3.36. The lowest BCUT2D eigenvalue weighted by Crippen LogP contribution is -2.22. The first kappa shape index (κ1) is 21.2. The smallest absolute Gasteiger partial charge is 0.231 e. The van der Waals surface area contributed by atoms with E-state index >= 15 is 0 Å². The highest BCUT2D eigenvalue weighted by Gasteiger charge is 2.21. The number of ether oxygens (including phenoxy) is 3. The third kappa shape index (κ3) is 4.67. The maximum atomic E-state index is 6.49. The number of halogens is 2. The van der Waals surface area contributed by atoms with Gasteiger partial charge in [0.25, 0.3) is 0 Å². The molecule has 158 valence electrons. The second-order valence-electron chi connectivity index (χ2n) is 8.45. The van der Waals surface area contributed by atoms with Crippen LogP contribution in [0.15, 0.2) is 42.7 Å². The maximum absolute atomic E-state index is 6.49. The van der Waals surface area contributed by atoms with Crippen LogP contribution in [-0.2, 0) is 11.5 Å². The molecule has 2 aromatic carbocycles. The van der Waals surface area contributed by atoms with Crippen molar-refractivity contribution in [1.29, 1.82) is 0 Å².